The van der Waals surface area contributed by atoms with Crippen molar-refractivity contribution in [2.75, 3.05) is 6.61 Å². The average Bonchev–Trinajstić information content (AvgIpc) is 2.36. The molecule has 0 atom stereocenters. The highest BCUT2D eigenvalue weighted by molar-refractivity contribution is 6.40. The number of nitrogens with two attached hydrogens (primary N) is 1. The first-order valence-electron chi connectivity index (χ1n) is 5.17. The first-order chi connectivity index (χ1) is 8.54. The molecule has 1 aromatic carbocycles. The predicted octanol–water partition coefficient (Wildman–Crippen LogP) is 0.269. The zero-order chi connectivity index (χ0) is 13.5. The molecule has 0 saturated carbocycles. The molecular formula is C13H11NO4. The monoisotopic (exact) mass is 245 g/mol. The van der Waals surface area contributed by atoms with Crippen LogP contribution in [-0.4, -0.2) is 24.3 Å². The maximum absolute atomic E-state index is 11.5. The Kier molecular flexibility index (Phi) is 4.64. The summed E-state index contributed by atoms with van der Waals surface area (Å²) in [4.78, 5) is 33.2. The van der Waals surface area contributed by atoms with E-state index < -0.39 is 17.7 Å². The first kappa shape index (κ1) is 13.5. The smallest absolute Gasteiger partial charge is 0.379 e. The van der Waals surface area contributed by atoms with Crippen LogP contribution in [0.3, 0.4) is 0 Å². The fourth-order valence-corrected chi connectivity index (χ4v) is 1.15. The molecule has 0 aliphatic heterocycles. The van der Waals surface area contributed by atoms with Crippen molar-refractivity contribution in [1.82, 2.24) is 0 Å². The maximum Gasteiger partial charge on any atom is 0.379 e. The van der Waals surface area contributed by atoms with Gasteiger partial charge in [-0.1, -0.05) is 5.92 Å². The van der Waals surface area contributed by atoms with Gasteiger partial charge in [0.15, 0.2) is 0 Å². The Morgan fingerprint density at radius 2 is 1.83 bits per heavy atom. The van der Waals surface area contributed by atoms with E-state index in [1.807, 2.05) is 0 Å². The van der Waals surface area contributed by atoms with Gasteiger partial charge in [-0.05, 0) is 37.1 Å². The summed E-state index contributed by atoms with van der Waals surface area (Å²) in [6, 6.07) is 5.90. The topological polar surface area (TPSA) is 86.5 Å². The summed E-state index contributed by atoms with van der Waals surface area (Å²) in [5, 5.41) is 0. The van der Waals surface area contributed by atoms with E-state index in [4.69, 9.17) is 5.73 Å². The number of benzene rings is 1. The molecule has 0 fully saturated rings. The average molecular weight is 245 g/mol. The summed E-state index contributed by atoms with van der Waals surface area (Å²) >= 11 is 0. The fourth-order valence-electron chi connectivity index (χ4n) is 1.15. The SMILES string of the molecule is CCOC(=O)C(=O)c1ccc(C#CC(N)=O)cc1. The van der Waals surface area contributed by atoms with E-state index in [9.17, 15) is 14.4 Å². The second-order valence-electron chi connectivity index (χ2n) is 3.24. The van der Waals surface area contributed by atoms with Crippen LogP contribution in [0.25, 0.3) is 0 Å². The van der Waals surface area contributed by atoms with Gasteiger partial charge in [0.25, 0.3) is 11.7 Å². The third-order valence-electron chi connectivity index (χ3n) is 1.94. The standard InChI is InChI=1S/C13H11NO4/c1-2-18-13(17)12(16)10-6-3-9(4-7-10)5-8-11(14)15/h3-4,6-7H,2H2,1H3,(H2,14,15). The molecule has 0 bridgehead atoms. The molecule has 0 saturated heterocycles. The normalized spacial score (nSPS) is 8.94. The van der Waals surface area contributed by atoms with Gasteiger partial charge in [-0.2, -0.15) is 0 Å². The van der Waals surface area contributed by atoms with Crippen LogP contribution in [-0.2, 0) is 14.3 Å². The molecule has 0 spiro atoms. The molecule has 92 valence electrons. The van der Waals surface area contributed by atoms with Gasteiger partial charge in [-0.25, -0.2) is 4.79 Å². The fraction of sp³-hybridized carbons (Fsp3) is 0.154. The van der Waals surface area contributed by atoms with Gasteiger partial charge < -0.3 is 10.5 Å². The first-order valence-corrected chi connectivity index (χ1v) is 5.17. The molecule has 1 rings (SSSR count). The van der Waals surface area contributed by atoms with E-state index in [0.29, 0.717) is 5.56 Å². The van der Waals surface area contributed by atoms with Crippen molar-refractivity contribution in [1.29, 1.82) is 0 Å². The molecule has 5 heteroatoms. The minimum absolute atomic E-state index is 0.146. The molecule has 0 unspecified atom stereocenters. The number of primary amides is 1. The number of ether oxygens (including phenoxy) is 1. The second-order valence-corrected chi connectivity index (χ2v) is 3.24. The number of amides is 1. The predicted molar refractivity (Wildman–Crippen MR) is 63.5 cm³/mol. The highest BCUT2D eigenvalue weighted by Gasteiger charge is 2.16. The van der Waals surface area contributed by atoms with Gasteiger partial charge in [0.05, 0.1) is 6.61 Å². The van der Waals surface area contributed by atoms with E-state index in [0.717, 1.165) is 0 Å². The summed E-state index contributed by atoms with van der Waals surface area (Å²) in [5.41, 5.74) is 5.59. The quantitative estimate of drug-likeness (QED) is 0.358. The zero-order valence-corrected chi connectivity index (χ0v) is 9.73. The lowest BCUT2D eigenvalue weighted by Gasteiger charge is -2.00. The number of Topliss-reactive ketones (excluding diaryl/α,β-unsaturated/α-hetero) is 1. The van der Waals surface area contributed by atoms with Crippen molar-refractivity contribution in [2.24, 2.45) is 5.73 Å². The van der Waals surface area contributed by atoms with Gasteiger partial charge in [0.1, 0.15) is 0 Å². The molecule has 0 radical (unpaired) electrons. The molecule has 2 N–H and O–H groups in total. The summed E-state index contributed by atoms with van der Waals surface area (Å²) in [6.45, 7) is 1.76. The molecule has 18 heavy (non-hydrogen) atoms. The summed E-state index contributed by atoms with van der Waals surface area (Å²) in [5.74, 6) is 2.33. The molecule has 0 aromatic heterocycles. The molecule has 0 aliphatic carbocycles. The van der Waals surface area contributed by atoms with Gasteiger partial charge in [-0.3, -0.25) is 9.59 Å². The van der Waals surface area contributed by atoms with Crippen LogP contribution in [0, 0.1) is 11.8 Å². The van der Waals surface area contributed by atoms with Crippen molar-refractivity contribution in [3.05, 3.63) is 35.4 Å². The van der Waals surface area contributed by atoms with Gasteiger partial charge in [0, 0.05) is 11.1 Å². The number of hydrogen-bond acceptors (Lipinski definition) is 4. The van der Waals surface area contributed by atoms with Crippen LogP contribution in [0.2, 0.25) is 0 Å². The van der Waals surface area contributed by atoms with E-state index in [-0.39, 0.29) is 12.2 Å². The Morgan fingerprint density at radius 3 is 2.33 bits per heavy atom. The number of rotatable bonds is 3. The van der Waals surface area contributed by atoms with Crippen molar-refractivity contribution < 1.29 is 19.1 Å². The Labute approximate surface area is 104 Å². The van der Waals surface area contributed by atoms with Gasteiger partial charge in [-0.15, -0.1) is 0 Å². The number of hydrogen-bond donors (Lipinski definition) is 1. The highest BCUT2D eigenvalue weighted by Crippen LogP contribution is 2.05. The zero-order valence-electron chi connectivity index (χ0n) is 9.73. The Balaban J connectivity index is 2.84. The molecular weight excluding hydrogens is 234 g/mol. The number of esters is 1. The van der Waals surface area contributed by atoms with E-state index in [1.165, 1.54) is 24.3 Å². The van der Waals surface area contributed by atoms with E-state index >= 15 is 0 Å². The largest absolute Gasteiger partial charge is 0.460 e. The lowest BCUT2D eigenvalue weighted by atomic mass is 10.1. The van der Waals surface area contributed by atoms with Crippen LogP contribution in [0.4, 0.5) is 0 Å². The van der Waals surface area contributed by atoms with Crippen LogP contribution >= 0.6 is 0 Å². The van der Waals surface area contributed by atoms with E-state index in [2.05, 4.69) is 16.6 Å². The Morgan fingerprint density at radius 1 is 1.22 bits per heavy atom. The van der Waals surface area contributed by atoms with Crippen molar-refractivity contribution in [3.8, 4) is 11.8 Å². The van der Waals surface area contributed by atoms with Crippen molar-refractivity contribution in [3.63, 3.8) is 0 Å². The minimum atomic E-state index is -0.895. The molecule has 5 nitrogen and oxygen atoms in total. The number of carbonyl (C=O) groups is 3. The Bertz CT molecular complexity index is 534. The highest BCUT2D eigenvalue weighted by atomic mass is 16.5. The van der Waals surface area contributed by atoms with Crippen LogP contribution in [0.15, 0.2) is 24.3 Å². The molecule has 0 aliphatic rings. The third-order valence-corrected chi connectivity index (χ3v) is 1.94. The number of ketones is 1. The van der Waals surface area contributed by atoms with Crippen molar-refractivity contribution >= 4 is 17.7 Å². The minimum Gasteiger partial charge on any atom is -0.460 e. The third kappa shape index (κ3) is 3.76. The lowest BCUT2D eigenvalue weighted by molar-refractivity contribution is -0.137. The van der Waals surface area contributed by atoms with E-state index in [1.54, 1.807) is 6.92 Å². The summed E-state index contributed by atoms with van der Waals surface area (Å²) < 4.78 is 4.59. The van der Waals surface area contributed by atoms with Crippen LogP contribution in [0.5, 0.6) is 0 Å². The van der Waals surface area contributed by atoms with Crippen LogP contribution in [0.1, 0.15) is 22.8 Å². The van der Waals surface area contributed by atoms with Gasteiger partial charge >= 0.3 is 5.97 Å². The van der Waals surface area contributed by atoms with Crippen LogP contribution < -0.4 is 5.73 Å². The van der Waals surface area contributed by atoms with Gasteiger partial charge in [0.2, 0.25) is 0 Å². The maximum atomic E-state index is 11.5. The second kappa shape index (κ2) is 6.21. The summed E-state index contributed by atoms with van der Waals surface area (Å²) in [7, 11) is 0. The summed E-state index contributed by atoms with van der Waals surface area (Å²) in [6.07, 6.45) is 0. The number of carbonyl (C=O) groups excluding carboxylic acids is 3. The Hall–Kier alpha value is -2.61. The molecule has 0 heterocycles. The molecule has 1 amide bonds. The lowest BCUT2D eigenvalue weighted by Crippen LogP contribution is -2.17. The van der Waals surface area contributed by atoms with Crippen molar-refractivity contribution in [2.45, 2.75) is 6.92 Å². The molecule has 1 aromatic rings.